The molecule has 0 saturated carbocycles. The molecule has 1 aromatic heterocycles. The van der Waals surface area contributed by atoms with Crippen LogP contribution in [0.3, 0.4) is 0 Å². The molecule has 0 saturated heterocycles. The normalized spacial score (nSPS) is 12.1. The third-order valence-corrected chi connectivity index (χ3v) is 5.79. The smallest absolute Gasteiger partial charge is 0.255 e. The fourth-order valence-corrected chi connectivity index (χ4v) is 3.50. The van der Waals surface area contributed by atoms with Crippen molar-refractivity contribution in [2.45, 2.75) is 26.2 Å². The van der Waals surface area contributed by atoms with E-state index in [2.05, 4.69) is 58.9 Å². The van der Waals surface area contributed by atoms with E-state index in [0.29, 0.717) is 23.1 Å². The number of oxazole rings is 1. The summed E-state index contributed by atoms with van der Waals surface area (Å²) in [5.74, 6) is 0.889. The van der Waals surface area contributed by atoms with Crippen molar-refractivity contribution in [3.63, 3.8) is 0 Å². The molecule has 0 bridgehead atoms. The number of hydrogen-bond donors (Lipinski definition) is 1. The van der Waals surface area contributed by atoms with Crippen LogP contribution in [0, 0.1) is 3.57 Å². The summed E-state index contributed by atoms with van der Waals surface area (Å²) >= 11 is 2.22. The highest BCUT2D eigenvalue weighted by atomic mass is 127. The maximum atomic E-state index is 12.5. The zero-order chi connectivity index (χ0) is 20.4. The molecule has 3 aromatic carbocycles. The molecule has 1 N–H and O–H groups in total. The molecular weight excluding hydrogens is 475 g/mol. The van der Waals surface area contributed by atoms with Gasteiger partial charge in [0.1, 0.15) is 5.52 Å². The van der Waals surface area contributed by atoms with Crippen LogP contribution in [0.5, 0.6) is 0 Å². The Balaban J connectivity index is 1.59. The van der Waals surface area contributed by atoms with Crippen molar-refractivity contribution >= 4 is 45.3 Å². The topological polar surface area (TPSA) is 55.1 Å². The fraction of sp³-hybridized carbons (Fsp3) is 0.167. The van der Waals surface area contributed by atoms with Gasteiger partial charge in [-0.05, 0) is 95.1 Å². The Morgan fingerprint density at radius 2 is 1.90 bits per heavy atom. The highest BCUT2D eigenvalue weighted by molar-refractivity contribution is 14.1. The molecule has 29 heavy (non-hydrogen) atoms. The van der Waals surface area contributed by atoms with Gasteiger partial charge in [-0.25, -0.2) is 4.98 Å². The Hall–Kier alpha value is -2.67. The van der Waals surface area contributed by atoms with E-state index in [-0.39, 0.29) is 5.91 Å². The number of carbonyl (C=O) groups excluding carboxylic acids is 1. The lowest BCUT2D eigenvalue weighted by Gasteiger charge is -2.07. The second-order valence-electron chi connectivity index (χ2n) is 7.10. The lowest BCUT2D eigenvalue weighted by Crippen LogP contribution is -2.11. The minimum Gasteiger partial charge on any atom is -0.436 e. The molecule has 0 spiro atoms. The van der Waals surface area contributed by atoms with Gasteiger partial charge in [-0.2, -0.15) is 0 Å². The van der Waals surface area contributed by atoms with Crippen molar-refractivity contribution in [2.75, 3.05) is 5.32 Å². The van der Waals surface area contributed by atoms with Gasteiger partial charge in [0.25, 0.3) is 5.91 Å². The molecule has 0 aliphatic rings. The van der Waals surface area contributed by atoms with E-state index in [9.17, 15) is 4.79 Å². The minimum atomic E-state index is -0.144. The van der Waals surface area contributed by atoms with Crippen LogP contribution >= 0.6 is 22.6 Å². The molecule has 0 aliphatic carbocycles. The average molecular weight is 496 g/mol. The Morgan fingerprint density at radius 3 is 2.66 bits per heavy atom. The van der Waals surface area contributed by atoms with Crippen LogP contribution in [0.1, 0.15) is 42.1 Å². The number of fused-ring (bicyclic) bond motifs is 1. The fourth-order valence-electron chi connectivity index (χ4n) is 3.14. The quantitative estimate of drug-likeness (QED) is 0.307. The number of carbonyl (C=O) groups is 1. The monoisotopic (exact) mass is 496 g/mol. The SMILES string of the molecule is CC[C@@H](C)c1ccc2oc(-c3cccc(NC(=O)c4ccc(I)cc4)c3)nc2c1. The Bertz CT molecular complexity index is 1170. The Labute approximate surface area is 183 Å². The van der Waals surface area contributed by atoms with Crippen molar-refractivity contribution < 1.29 is 9.21 Å². The zero-order valence-electron chi connectivity index (χ0n) is 16.3. The molecule has 0 aliphatic heterocycles. The van der Waals surface area contributed by atoms with E-state index in [4.69, 9.17) is 4.42 Å². The number of rotatable bonds is 5. The van der Waals surface area contributed by atoms with Crippen LogP contribution in [0.15, 0.2) is 71.1 Å². The van der Waals surface area contributed by atoms with Crippen LogP contribution in [0.25, 0.3) is 22.6 Å². The molecule has 0 fully saturated rings. The van der Waals surface area contributed by atoms with Gasteiger partial charge in [0.2, 0.25) is 5.89 Å². The van der Waals surface area contributed by atoms with Crippen molar-refractivity contribution in [1.29, 1.82) is 0 Å². The van der Waals surface area contributed by atoms with Gasteiger partial charge in [-0.3, -0.25) is 4.79 Å². The standard InChI is InChI=1S/C24H21IN2O2/c1-3-15(2)17-9-12-22-21(14-17)27-24(29-22)18-5-4-6-20(13-18)26-23(28)16-7-10-19(25)11-8-16/h4-15H,3H2,1-2H3,(H,26,28)/t15-/m1/s1. The van der Waals surface area contributed by atoms with Gasteiger partial charge < -0.3 is 9.73 Å². The first-order chi connectivity index (χ1) is 14.0. The molecule has 4 rings (SSSR count). The van der Waals surface area contributed by atoms with E-state index < -0.39 is 0 Å². The molecular formula is C24H21IN2O2. The molecule has 1 atom stereocenters. The summed E-state index contributed by atoms with van der Waals surface area (Å²) in [7, 11) is 0. The van der Waals surface area contributed by atoms with Gasteiger partial charge in [0, 0.05) is 20.4 Å². The van der Waals surface area contributed by atoms with Crippen LogP contribution in [-0.2, 0) is 0 Å². The first kappa shape index (κ1) is 19.6. The van der Waals surface area contributed by atoms with Gasteiger partial charge in [0.15, 0.2) is 5.58 Å². The number of nitrogens with one attached hydrogen (secondary N) is 1. The molecule has 146 valence electrons. The first-order valence-corrected chi connectivity index (χ1v) is 10.7. The molecule has 0 radical (unpaired) electrons. The van der Waals surface area contributed by atoms with E-state index in [1.54, 1.807) is 0 Å². The zero-order valence-corrected chi connectivity index (χ0v) is 18.4. The second kappa shape index (κ2) is 8.37. The number of halogens is 1. The Morgan fingerprint density at radius 1 is 1.10 bits per heavy atom. The summed E-state index contributed by atoms with van der Waals surface area (Å²) in [6.07, 6.45) is 1.08. The van der Waals surface area contributed by atoms with Crippen molar-refractivity contribution in [2.24, 2.45) is 0 Å². The minimum absolute atomic E-state index is 0.144. The summed E-state index contributed by atoms with van der Waals surface area (Å²) in [6.45, 7) is 4.39. The summed E-state index contributed by atoms with van der Waals surface area (Å²) in [4.78, 5) is 17.2. The number of anilines is 1. The van der Waals surface area contributed by atoms with Gasteiger partial charge in [0.05, 0.1) is 0 Å². The first-order valence-electron chi connectivity index (χ1n) is 9.61. The molecule has 4 nitrogen and oxygen atoms in total. The van der Waals surface area contributed by atoms with Crippen molar-refractivity contribution in [3.8, 4) is 11.5 Å². The third kappa shape index (κ3) is 4.34. The number of amides is 1. The highest BCUT2D eigenvalue weighted by Gasteiger charge is 2.12. The van der Waals surface area contributed by atoms with Crippen LogP contribution in [0.4, 0.5) is 5.69 Å². The predicted octanol–water partition coefficient (Wildman–Crippen LogP) is 6.87. The van der Waals surface area contributed by atoms with Crippen LogP contribution in [-0.4, -0.2) is 10.9 Å². The molecule has 1 amide bonds. The Kier molecular flexibility index (Phi) is 5.67. The lowest BCUT2D eigenvalue weighted by molar-refractivity contribution is 0.102. The number of nitrogens with zero attached hydrogens (tertiary/aromatic N) is 1. The molecule has 0 unspecified atom stereocenters. The highest BCUT2D eigenvalue weighted by Crippen LogP contribution is 2.29. The van der Waals surface area contributed by atoms with Gasteiger partial charge >= 0.3 is 0 Å². The number of hydrogen-bond acceptors (Lipinski definition) is 3. The summed E-state index contributed by atoms with van der Waals surface area (Å²) < 4.78 is 7.05. The largest absolute Gasteiger partial charge is 0.436 e. The molecule has 4 aromatic rings. The summed E-state index contributed by atoms with van der Waals surface area (Å²) in [5, 5.41) is 2.94. The summed E-state index contributed by atoms with van der Waals surface area (Å²) in [6, 6.07) is 21.2. The van der Waals surface area contributed by atoms with E-state index in [1.807, 2.05) is 54.6 Å². The van der Waals surface area contributed by atoms with E-state index >= 15 is 0 Å². The molecule has 1 heterocycles. The van der Waals surface area contributed by atoms with Gasteiger partial charge in [-0.15, -0.1) is 0 Å². The van der Waals surface area contributed by atoms with Gasteiger partial charge in [-0.1, -0.05) is 26.0 Å². The van der Waals surface area contributed by atoms with E-state index in [1.165, 1.54) is 5.56 Å². The number of benzene rings is 3. The van der Waals surface area contributed by atoms with Crippen molar-refractivity contribution in [3.05, 3.63) is 81.4 Å². The van der Waals surface area contributed by atoms with Crippen LogP contribution < -0.4 is 5.32 Å². The second-order valence-corrected chi connectivity index (χ2v) is 8.34. The summed E-state index contributed by atoms with van der Waals surface area (Å²) in [5.41, 5.74) is 5.03. The van der Waals surface area contributed by atoms with Crippen LogP contribution in [0.2, 0.25) is 0 Å². The van der Waals surface area contributed by atoms with E-state index in [0.717, 1.165) is 26.7 Å². The molecule has 5 heteroatoms. The maximum absolute atomic E-state index is 12.5. The van der Waals surface area contributed by atoms with Crippen molar-refractivity contribution in [1.82, 2.24) is 4.98 Å². The maximum Gasteiger partial charge on any atom is 0.255 e. The average Bonchev–Trinajstić information content (AvgIpc) is 3.17. The third-order valence-electron chi connectivity index (χ3n) is 5.07. The predicted molar refractivity (Wildman–Crippen MR) is 125 cm³/mol. The lowest BCUT2D eigenvalue weighted by atomic mass is 9.98. The number of aromatic nitrogens is 1.